The van der Waals surface area contributed by atoms with E-state index in [0.29, 0.717) is 22.6 Å². The number of carbonyl (C=O) groups is 2. The summed E-state index contributed by atoms with van der Waals surface area (Å²) < 4.78 is 5.26. The molecule has 0 aromatic heterocycles. The van der Waals surface area contributed by atoms with Crippen molar-refractivity contribution in [2.75, 3.05) is 6.61 Å². The zero-order chi connectivity index (χ0) is 15.9. The quantitative estimate of drug-likeness (QED) is 0.464. The Bertz CT molecular complexity index is 730. The van der Waals surface area contributed by atoms with Crippen molar-refractivity contribution in [1.82, 2.24) is 0 Å². The maximum Gasteiger partial charge on any atom is 0.193 e. The van der Waals surface area contributed by atoms with E-state index in [1.165, 1.54) is 6.92 Å². The molecule has 0 heterocycles. The molecule has 110 valence electrons. The van der Waals surface area contributed by atoms with Gasteiger partial charge in [-0.2, -0.15) is 4.99 Å². The lowest BCUT2D eigenvalue weighted by atomic mass is 10.0. The Kier molecular flexibility index (Phi) is 5.31. The number of isothiocyanates is 1. The van der Waals surface area contributed by atoms with Gasteiger partial charge in [0, 0.05) is 11.1 Å². The van der Waals surface area contributed by atoms with E-state index in [9.17, 15) is 9.59 Å². The van der Waals surface area contributed by atoms with Crippen molar-refractivity contribution in [1.29, 1.82) is 0 Å². The van der Waals surface area contributed by atoms with E-state index < -0.39 is 0 Å². The van der Waals surface area contributed by atoms with Crippen LogP contribution >= 0.6 is 12.2 Å². The third-order valence-corrected chi connectivity index (χ3v) is 2.95. The smallest absolute Gasteiger partial charge is 0.193 e. The molecule has 0 spiro atoms. The zero-order valence-electron chi connectivity index (χ0n) is 11.9. The van der Waals surface area contributed by atoms with Crippen molar-refractivity contribution in [3.05, 3.63) is 59.7 Å². The first-order valence-electron chi connectivity index (χ1n) is 6.55. The summed E-state index contributed by atoms with van der Waals surface area (Å²) in [5.41, 5.74) is 1.75. The number of hydrogen-bond donors (Lipinski definition) is 0. The van der Waals surface area contributed by atoms with E-state index in [1.807, 2.05) is 0 Å². The highest BCUT2D eigenvalue weighted by Crippen LogP contribution is 2.18. The molecule has 2 aromatic rings. The largest absolute Gasteiger partial charge is 0.486 e. The van der Waals surface area contributed by atoms with Gasteiger partial charge in [-0.25, -0.2) is 0 Å². The highest BCUT2D eigenvalue weighted by Gasteiger charge is 2.09. The van der Waals surface area contributed by atoms with Gasteiger partial charge >= 0.3 is 0 Å². The third kappa shape index (κ3) is 4.19. The molecule has 0 amide bonds. The molecule has 0 radical (unpaired) electrons. The number of rotatable bonds is 6. The van der Waals surface area contributed by atoms with Crippen LogP contribution in [0.3, 0.4) is 0 Å². The summed E-state index contributed by atoms with van der Waals surface area (Å²) in [6.07, 6.45) is 0. The Labute approximate surface area is 133 Å². The lowest BCUT2D eigenvalue weighted by Gasteiger charge is -2.05. The first-order valence-corrected chi connectivity index (χ1v) is 6.96. The fourth-order valence-electron chi connectivity index (χ4n) is 1.79. The Morgan fingerprint density at radius 2 is 1.59 bits per heavy atom. The van der Waals surface area contributed by atoms with Crippen molar-refractivity contribution in [3.8, 4) is 5.75 Å². The molecule has 0 bridgehead atoms. The van der Waals surface area contributed by atoms with E-state index in [1.54, 1.807) is 48.5 Å². The van der Waals surface area contributed by atoms with Crippen LogP contribution in [0.25, 0.3) is 0 Å². The number of thiocarbonyl (C=S) groups is 1. The number of aliphatic imine (C=N–C) groups is 1. The minimum Gasteiger partial charge on any atom is -0.486 e. The SMILES string of the molecule is CC(=O)COc1ccc(C(=O)c2ccc(N=C=S)cc2)cc1. The normalized spacial score (nSPS) is 9.68. The molecule has 0 N–H and O–H groups in total. The van der Waals surface area contributed by atoms with Crippen LogP contribution in [0, 0.1) is 0 Å². The maximum absolute atomic E-state index is 12.3. The predicted molar refractivity (Wildman–Crippen MR) is 87.2 cm³/mol. The summed E-state index contributed by atoms with van der Waals surface area (Å²) in [4.78, 5) is 27.0. The number of ketones is 2. The van der Waals surface area contributed by atoms with Crippen molar-refractivity contribution >= 4 is 34.6 Å². The van der Waals surface area contributed by atoms with Gasteiger partial charge in [0.25, 0.3) is 0 Å². The first-order chi connectivity index (χ1) is 10.6. The summed E-state index contributed by atoms with van der Waals surface area (Å²) in [6, 6.07) is 13.5. The molecule has 0 aliphatic carbocycles. The van der Waals surface area contributed by atoms with Gasteiger partial charge in [0.1, 0.15) is 12.4 Å². The fourth-order valence-corrected chi connectivity index (χ4v) is 1.90. The van der Waals surface area contributed by atoms with E-state index in [0.717, 1.165) is 0 Å². The van der Waals surface area contributed by atoms with Crippen LogP contribution in [0.1, 0.15) is 22.8 Å². The third-order valence-electron chi connectivity index (χ3n) is 2.86. The van der Waals surface area contributed by atoms with Gasteiger partial charge in [-0.1, -0.05) is 0 Å². The highest BCUT2D eigenvalue weighted by atomic mass is 32.1. The van der Waals surface area contributed by atoms with Gasteiger partial charge in [-0.05, 0) is 67.7 Å². The lowest BCUT2D eigenvalue weighted by Crippen LogP contribution is -2.07. The molecule has 22 heavy (non-hydrogen) atoms. The summed E-state index contributed by atoms with van der Waals surface area (Å²) >= 11 is 4.53. The Morgan fingerprint density at radius 3 is 2.09 bits per heavy atom. The average Bonchev–Trinajstić information content (AvgIpc) is 2.54. The van der Waals surface area contributed by atoms with Crippen LogP contribution in [-0.2, 0) is 4.79 Å². The molecule has 2 rings (SSSR count). The van der Waals surface area contributed by atoms with Gasteiger partial charge in [0.05, 0.1) is 10.8 Å². The summed E-state index contributed by atoms with van der Waals surface area (Å²) in [7, 11) is 0. The number of benzene rings is 2. The standard InChI is InChI=1S/C17H13NO3S/c1-12(19)10-21-16-8-4-14(5-9-16)17(20)13-2-6-15(7-3-13)18-11-22/h2-9H,10H2,1H3. The monoisotopic (exact) mass is 311 g/mol. The Morgan fingerprint density at radius 1 is 1.05 bits per heavy atom. The summed E-state index contributed by atoms with van der Waals surface area (Å²) in [5, 5.41) is 2.28. The zero-order valence-corrected chi connectivity index (χ0v) is 12.7. The summed E-state index contributed by atoms with van der Waals surface area (Å²) in [5.74, 6) is 0.396. The fraction of sp³-hybridized carbons (Fsp3) is 0.118. The van der Waals surface area contributed by atoms with E-state index >= 15 is 0 Å². The van der Waals surface area contributed by atoms with E-state index in [-0.39, 0.29) is 18.2 Å². The number of Topliss-reactive ketones (excluding diaryl/α,β-unsaturated/α-hetero) is 1. The van der Waals surface area contributed by atoms with Crippen LogP contribution in [0.15, 0.2) is 53.5 Å². The number of carbonyl (C=O) groups excluding carboxylic acids is 2. The molecular weight excluding hydrogens is 298 g/mol. The van der Waals surface area contributed by atoms with Gasteiger partial charge in [0.2, 0.25) is 0 Å². The van der Waals surface area contributed by atoms with E-state index in [2.05, 4.69) is 22.4 Å². The van der Waals surface area contributed by atoms with Crippen LogP contribution in [0.5, 0.6) is 5.75 Å². The van der Waals surface area contributed by atoms with Crippen LogP contribution in [-0.4, -0.2) is 23.3 Å². The molecule has 4 nitrogen and oxygen atoms in total. The maximum atomic E-state index is 12.3. The van der Waals surface area contributed by atoms with Gasteiger partial charge in [0.15, 0.2) is 11.6 Å². The number of ether oxygens (including phenoxy) is 1. The van der Waals surface area contributed by atoms with E-state index in [4.69, 9.17) is 4.74 Å². The molecule has 0 atom stereocenters. The second-order valence-electron chi connectivity index (χ2n) is 4.59. The Balaban J connectivity index is 2.11. The minimum atomic E-state index is -0.101. The van der Waals surface area contributed by atoms with Gasteiger partial charge in [-0.3, -0.25) is 9.59 Å². The lowest BCUT2D eigenvalue weighted by molar-refractivity contribution is -0.118. The topological polar surface area (TPSA) is 55.7 Å². The molecule has 5 heteroatoms. The van der Waals surface area contributed by atoms with Crippen LogP contribution in [0.2, 0.25) is 0 Å². The molecule has 2 aromatic carbocycles. The minimum absolute atomic E-state index is 0.0230. The van der Waals surface area contributed by atoms with Crippen LogP contribution in [0.4, 0.5) is 5.69 Å². The first kappa shape index (κ1) is 15.8. The predicted octanol–water partition coefficient (Wildman–Crippen LogP) is 3.62. The number of hydrogen-bond acceptors (Lipinski definition) is 5. The van der Waals surface area contributed by atoms with Crippen molar-refractivity contribution in [2.45, 2.75) is 6.92 Å². The molecular formula is C17H13NO3S. The second-order valence-corrected chi connectivity index (χ2v) is 4.78. The molecule has 0 fully saturated rings. The number of nitrogens with zero attached hydrogens (tertiary/aromatic N) is 1. The average molecular weight is 311 g/mol. The van der Waals surface area contributed by atoms with Gasteiger partial charge < -0.3 is 4.74 Å². The summed E-state index contributed by atoms with van der Waals surface area (Å²) in [6.45, 7) is 1.48. The van der Waals surface area contributed by atoms with Crippen molar-refractivity contribution in [3.63, 3.8) is 0 Å². The molecule has 0 aliphatic heterocycles. The Hall–Kier alpha value is -2.62. The molecule has 0 saturated heterocycles. The van der Waals surface area contributed by atoms with Crippen molar-refractivity contribution in [2.24, 2.45) is 4.99 Å². The second kappa shape index (κ2) is 7.41. The molecule has 0 aliphatic rings. The highest BCUT2D eigenvalue weighted by molar-refractivity contribution is 7.78. The van der Waals surface area contributed by atoms with Crippen molar-refractivity contribution < 1.29 is 14.3 Å². The van der Waals surface area contributed by atoms with Gasteiger partial charge in [-0.15, -0.1) is 0 Å². The van der Waals surface area contributed by atoms with Crippen LogP contribution < -0.4 is 4.74 Å². The molecule has 0 unspecified atom stereocenters. The molecule has 0 saturated carbocycles.